The Labute approximate surface area is 167 Å². The summed E-state index contributed by atoms with van der Waals surface area (Å²) in [4.78, 5) is 29.9. The van der Waals surface area contributed by atoms with Crippen LogP contribution in [0.1, 0.15) is 39.7 Å². The van der Waals surface area contributed by atoms with Crippen molar-refractivity contribution in [3.8, 4) is 0 Å². The van der Waals surface area contributed by atoms with Gasteiger partial charge in [0.25, 0.3) is 11.8 Å². The van der Waals surface area contributed by atoms with Crippen molar-refractivity contribution in [3.63, 3.8) is 0 Å². The molecule has 0 aromatic heterocycles. The molecule has 1 fully saturated rings. The van der Waals surface area contributed by atoms with Crippen LogP contribution >= 0.6 is 0 Å². The SMILES string of the molecule is CC(C)OCCCN1C(=O)C(c2ccccc2)=C(N2CC(C)OC(C)C2)C1=O. The van der Waals surface area contributed by atoms with Crippen molar-refractivity contribution in [2.75, 3.05) is 26.2 Å². The number of benzene rings is 1. The van der Waals surface area contributed by atoms with Gasteiger partial charge in [0.1, 0.15) is 5.70 Å². The number of morpholine rings is 1. The van der Waals surface area contributed by atoms with E-state index in [1.54, 1.807) is 0 Å². The number of nitrogens with zero attached hydrogens (tertiary/aromatic N) is 2. The van der Waals surface area contributed by atoms with E-state index in [9.17, 15) is 9.59 Å². The van der Waals surface area contributed by atoms with Crippen molar-refractivity contribution in [3.05, 3.63) is 41.6 Å². The van der Waals surface area contributed by atoms with Crippen LogP contribution in [0, 0.1) is 0 Å². The molecule has 3 rings (SSSR count). The van der Waals surface area contributed by atoms with Gasteiger partial charge < -0.3 is 14.4 Å². The van der Waals surface area contributed by atoms with Gasteiger partial charge in [-0.3, -0.25) is 14.5 Å². The highest BCUT2D eigenvalue weighted by Gasteiger charge is 2.42. The third-order valence-corrected chi connectivity index (χ3v) is 4.92. The molecule has 6 nitrogen and oxygen atoms in total. The second kappa shape index (κ2) is 8.88. The van der Waals surface area contributed by atoms with Crippen molar-refractivity contribution in [2.24, 2.45) is 0 Å². The second-order valence-electron chi connectivity index (χ2n) is 7.79. The van der Waals surface area contributed by atoms with E-state index in [0.29, 0.717) is 43.9 Å². The zero-order valence-electron chi connectivity index (χ0n) is 17.2. The molecule has 0 saturated carbocycles. The lowest BCUT2D eigenvalue weighted by Gasteiger charge is -2.37. The fourth-order valence-corrected chi connectivity index (χ4v) is 3.83. The molecule has 0 radical (unpaired) electrons. The van der Waals surface area contributed by atoms with E-state index in [0.717, 1.165) is 5.56 Å². The first-order valence-electron chi connectivity index (χ1n) is 10.1. The number of ether oxygens (including phenoxy) is 2. The van der Waals surface area contributed by atoms with Gasteiger partial charge >= 0.3 is 0 Å². The van der Waals surface area contributed by atoms with Gasteiger partial charge in [-0.1, -0.05) is 30.3 Å². The molecular weight excluding hydrogens is 356 g/mol. The highest BCUT2D eigenvalue weighted by atomic mass is 16.5. The predicted molar refractivity (Wildman–Crippen MR) is 107 cm³/mol. The molecule has 0 bridgehead atoms. The van der Waals surface area contributed by atoms with Gasteiger partial charge in [-0.25, -0.2) is 0 Å². The van der Waals surface area contributed by atoms with Gasteiger partial charge in [0.05, 0.1) is 23.9 Å². The highest BCUT2D eigenvalue weighted by Crippen LogP contribution is 2.33. The number of rotatable bonds is 7. The molecule has 2 heterocycles. The lowest BCUT2D eigenvalue weighted by Crippen LogP contribution is -2.47. The first kappa shape index (κ1) is 20.6. The molecule has 0 N–H and O–H groups in total. The summed E-state index contributed by atoms with van der Waals surface area (Å²) in [6.45, 7) is 10.0. The lowest BCUT2D eigenvalue weighted by molar-refractivity contribution is -0.138. The standard InChI is InChI=1S/C22H30N2O4/c1-15(2)27-12-8-11-24-21(25)19(18-9-6-5-7-10-18)20(22(24)26)23-13-16(3)28-17(4)14-23/h5-7,9-10,15-17H,8,11-14H2,1-4H3. The minimum absolute atomic E-state index is 0.00432. The van der Waals surface area contributed by atoms with Gasteiger partial charge in [0.2, 0.25) is 0 Å². The van der Waals surface area contributed by atoms with Crippen LogP contribution in [-0.4, -0.2) is 66.2 Å². The number of amides is 2. The van der Waals surface area contributed by atoms with Crippen molar-refractivity contribution in [2.45, 2.75) is 52.4 Å². The number of hydrogen-bond donors (Lipinski definition) is 0. The summed E-state index contributed by atoms with van der Waals surface area (Å²) in [7, 11) is 0. The molecule has 2 aliphatic rings. The molecule has 28 heavy (non-hydrogen) atoms. The smallest absolute Gasteiger partial charge is 0.277 e. The van der Waals surface area contributed by atoms with Gasteiger partial charge in [0, 0.05) is 26.2 Å². The highest BCUT2D eigenvalue weighted by molar-refractivity contribution is 6.35. The van der Waals surface area contributed by atoms with Crippen LogP contribution in [0.5, 0.6) is 0 Å². The zero-order valence-corrected chi connectivity index (χ0v) is 17.2. The van der Waals surface area contributed by atoms with Crippen LogP contribution in [0.4, 0.5) is 0 Å². The minimum atomic E-state index is -0.220. The monoisotopic (exact) mass is 386 g/mol. The molecule has 2 amide bonds. The summed E-state index contributed by atoms with van der Waals surface area (Å²) in [6.07, 6.45) is 0.769. The fraction of sp³-hybridized carbons (Fsp3) is 0.545. The average Bonchev–Trinajstić information content (AvgIpc) is 2.89. The largest absolute Gasteiger partial charge is 0.379 e. The molecular formula is C22H30N2O4. The Balaban J connectivity index is 1.88. The zero-order chi connectivity index (χ0) is 20.3. The van der Waals surface area contributed by atoms with Crippen LogP contribution < -0.4 is 0 Å². The molecule has 0 spiro atoms. The van der Waals surface area contributed by atoms with Gasteiger partial charge in [-0.15, -0.1) is 0 Å². The molecule has 6 heteroatoms. The summed E-state index contributed by atoms with van der Waals surface area (Å²) < 4.78 is 11.4. The Morgan fingerprint density at radius 1 is 1.07 bits per heavy atom. The van der Waals surface area contributed by atoms with Crippen molar-refractivity contribution >= 4 is 17.4 Å². The maximum atomic E-state index is 13.3. The maximum Gasteiger partial charge on any atom is 0.277 e. The Morgan fingerprint density at radius 2 is 1.71 bits per heavy atom. The van der Waals surface area contributed by atoms with E-state index in [1.165, 1.54) is 4.90 Å². The van der Waals surface area contributed by atoms with Crippen LogP contribution in [0.2, 0.25) is 0 Å². The Morgan fingerprint density at radius 3 is 2.32 bits per heavy atom. The third-order valence-electron chi connectivity index (χ3n) is 4.92. The average molecular weight is 386 g/mol. The molecule has 1 aromatic rings. The molecule has 1 aromatic carbocycles. The topological polar surface area (TPSA) is 59.1 Å². The molecule has 0 aliphatic carbocycles. The van der Waals surface area contributed by atoms with Gasteiger partial charge in [-0.2, -0.15) is 0 Å². The molecule has 2 unspecified atom stereocenters. The van der Waals surface area contributed by atoms with Crippen LogP contribution in [0.25, 0.3) is 5.57 Å². The quantitative estimate of drug-likeness (QED) is 0.533. The van der Waals surface area contributed by atoms with Gasteiger partial charge in [-0.05, 0) is 39.7 Å². The maximum absolute atomic E-state index is 13.3. The van der Waals surface area contributed by atoms with E-state index in [2.05, 4.69) is 0 Å². The number of carbonyl (C=O) groups excluding carboxylic acids is 2. The van der Waals surface area contributed by atoms with Crippen molar-refractivity contribution in [1.82, 2.24) is 9.80 Å². The summed E-state index contributed by atoms with van der Waals surface area (Å²) in [5.74, 6) is -0.433. The summed E-state index contributed by atoms with van der Waals surface area (Å²) >= 11 is 0. The molecule has 152 valence electrons. The van der Waals surface area contributed by atoms with Crippen LogP contribution in [0.15, 0.2) is 36.0 Å². The van der Waals surface area contributed by atoms with E-state index < -0.39 is 0 Å². The Bertz CT molecular complexity index is 734. The van der Waals surface area contributed by atoms with E-state index >= 15 is 0 Å². The summed E-state index contributed by atoms with van der Waals surface area (Å²) in [6, 6.07) is 9.46. The number of imide groups is 1. The predicted octanol–water partition coefficient (Wildman–Crippen LogP) is 2.69. The Hall–Kier alpha value is -2.18. The fourth-order valence-electron chi connectivity index (χ4n) is 3.83. The van der Waals surface area contributed by atoms with Gasteiger partial charge in [0.15, 0.2) is 0 Å². The van der Waals surface area contributed by atoms with E-state index in [1.807, 2.05) is 62.9 Å². The van der Waals surface area contributed by atoms with Crippen LogP contribution in [-0.2, 0) is 19.1 Å². The first-order valence-corrected chi connectivity index (χ1v) is 10.1. The van der Waals surface area contributed by atoms with E-state index in [4.69, 9.17) is 9.47 Å². The second-order valence-corrected chi connectivity index (χ2v) is 7.79. The molecule has 2 aliphatic heterocycles. The van der Waals surface area contributed by atoms with Crippen LogP contribution in [0.3, 0.4) is 0 Å². The summed E-state index contributed by atoms with van der Waals surface area (Å²) in [5, 5.41) is 0. The normalized spacial score (nSPS) is 23.3. The summed E-state index contributed by atoms with van der Waals surface area (Å²) in [5.41, 5.74) is 1.78. The molecule has 1 saturated heterocycles. The molecule has 2 atom stereocenters. The number of carbonyl (C=O) groups is 2. The number of hydrogen-bond acceptors (Lipinski definition) is 5. The van der Waals surface area contributed by atoms with Crippen molar-refractivity contribution < 1.29 is 19.1 Å². The minimum Gasteiger partial charge on any atom is -0.379 e. The first-order chi connectivity index (χ1) is 13.4. The third kappa shape index (κ3) is 4.45. The lowest BCUT2D eigenvalue weighted by atomic mass is 10.0. The van der Waals surface area contributed by atoms with Crippen molar-refractivity contribution in [1.29, 1.82) is 0 Å². The van der Waals surface area contributed by atoms with E-state index in [-0.39, 0.29) is 30.1 Å². The Kier molecular flexibility index (Phi) is 6.52.